The summed E-state index contributed by atoms with van der Waals surface area (Å²) in [5, 5.41) is 23.2. The normalized spacial score (nSPS) is 29.8. The van der Waals surface area contributed by atoms with Crippen molar-refractivity contribution in [3.05, 3.63) is 47.7 Å². The number of aryl methyl sites for hydroxylation is 1. The maximum absolute atomic E-state index is 17.1. The second kappa shape index (κ2) is 14.2. The first-order valence-corrected chi connectivity index (χ1v) is 19.3. The number of aliphatic hydroxyl groups is 1. The van der Waals surface area contributed by atoms with Gasteiger partial charge in [-0.05, 0) is 107 Å². The monoisotopic (exact) mass is 731 g/mol. The number of piperidine rings is 1. The summed E-state index contributed by atoms with van der Waals surface area (Å²) in [6.07, 6.45) is 9.78. The van der Waals surface area contributed by atoms with E-state index in [9.17, 15) is 10.2 Å². The number of fused-ring (bicyclic) bond motifs is 3. The van der Waals surface area contributed by atoms with Crippen LogP contribution in [0.3, 0.4) is 0 Å². The molecule has 0 spiro atoms. The Labute approximate surface area is 309 Å². The van der Waals surface area contributed by atoms with Crippen LogP contribution in [0.2, 0.25) is 0 Å². The molecule has 284 valence electrons. The van der Waals surface area contributed by atoms with Crippen molar-refractivity contribution < 1.29 is 33.2 Å². The molecule has 2 N–H and O–H groups in total. The van der Waals surface area contributed by atoms with Crippen LogP contribution in [0.5, 0.6) is 11.8 Å². The van der Waals surface area contributed by atoms with Gasteiger partial charge >= 0.3 is 6.01 Å². The number of pyridine rings is 1. The number of halogens is 2. The number of nitrogens with zero attached hydrogens (tertiary/aromatic N) is 5. The number of β-amino-alcohol motifs (C(OH)–C–C–N with tert-alkyl or cyclic N) is 1. The van der Waals surface area contributed by atoms with Gasteiger partial charge in [0.05, 0.1) is 44.0 Å². The van der Waals surface area contributed by atoms with Crippen molar-refractivity contribution in [1.29, 1.82) is 0 Å². The van der Waals surface area contributed by atoms with Crippen molar-refractivity contribution in [1.82, 2.24) is 19.9 Å². The van der Waals surface area contributed by atoms with Crippen LogP contribution >= 0.6 is 0 Å². The van der Waals surface area contributed by atoms with Gasteiger partial charge in [-0.15, -0.1) is 0 Å². The molecule has 0 amide bonds. The summed E-state index contributed by atoms with van der Waals surface area (Å²) >= 11 is 0. The molecule has 0 bridgehead atoms. The van der Waals surface area contributed by atoms with Crippen LogP contribution in [-0.4, -0.2) is 99.4 Å². The van der Waals surface area contributed by atoms with Crippen molar-refractivity contribution in [2.75, 3.05) is 44.4 Å². The van der Waals surface area contributed by atoms with Gasteiger partial charge in [-0.1, -0.05) is 19.4 Å². The Morgan fingerprint density at radius 3 is 2.64 bits per heavy atom. The molecule has 8 rings (SSSR count). The van der Waals surface area contributed by atoms with Crippen LogP contribution in [0.25, 0.3) is 32.9 Å². The van der Waals surface area contributed by atoms with Crippen LogP contribution in [-0.2, 0) is 15.9 Å². The highest BCUT2D eigenvalue weighted by atomic mass is 19.1. The Balaban J connectivity index is 1.21. The van der Waals surface area contributed by atoms with Crippen LogP contribution in [0.1, 0.15) is 78.2 Å². The molecule has 4 fully saturated rings. The fourth-order valence-electron chi connectivity index (χ4n) is 9.96. The number of aromatic hydroxyl groups is 1. The van der Waals surface area contributed by atoms with E-state index in [2.05, 4.69) is 23.7 Å². The lowest BCUT2D eigenvalue weighted by molar-refractivity contribution is -0.0967. The van der Waals surface area contributed by atoms with E-state index in [1.54, 1.807) is 19.1 Å². The zero-order valence-electron chi connectivity index (χ0n) is 31.2. The summed E-state index contributed by atoms with van der Waals surface area (Å²) in [6.45, 7) is 10.5. The van der Waals surface area contributed by atoms with E-state index in [4.69, 9.17) is 24.2 Å². The molecule has 12 heteroatoms. The molecule has 4 aromatic rings. The van der Waals surface area contributed by atoms with Crippen molar-refractivity contribution >= 4 is 27.5 Å². The number of phenols is 1. The predicted molar refractivity (Wildman–Crippen MR) is 199 cm³/mol. The summed E-state index contributed by atoms with van der Waals surface area (Å²) < 4.78 is 50.7. The molecule has 1 aliphatic carbocycles. The predicted octanol–water partition coefficient (Wildman–Crippen LogP) is 6.95. The number of rotatable bonds is 7. The summed E-state index contributed by atoms with van der Waals surface area (Å²) in [5.41, 5.74) is -0.627. The number of likely N-dealkylation sites (tertiary alicyclic amines) is 1. The van der Waals surface area contributed by atoms with Crippen LogP contribution in [0.4, 0.5) is 14.6 Å². The zero-order chi connectivity index (χ0) is 37.1. The third kappa shape index (κ3) is 6.81. The summed E-state index contributed by atoms with van der Waals surface area (Å²) in [4.78, 5) is 18.8. The largest absolute Gasteiger partial charge is 0.508 e. The highest BCUT2D eigenvalue weighted by molar-refractivity contribution is 6.01. The molecule has 3 aliphatic heterocycles. The molecular formula is C41H51F2N5O5. The van der Waals surface area contributed by atoms with E-state index >= 15 is 8.78 Å². The van der Waals surface area contributed by atoms with Gasteiger partial charge in [-0.25, -0.2) is 8.78 Å². The van der Waals surface area contributed by atoms with Crippen LogP contribution < -0.4 is 9.64 Å². The number of hydrogen-bond donors (Lipinski definition) is 2. The third-order valence-electron chi connectivity index (χ3n) is 12.1. The van der Waals surface area contributed by atoms with Gasteiger partial charge in [0.15, 0.2) is 5.82 Å². The van der Waals surface area contributed by atoms with Crippen molar-refractivity contribution in [3.8, 4) is 23.0 Å². The van der Waals surface area contributed by atoms with E-state index in [0.717, 1.165) is 51.5 Å². The lowest BCUT2D eigenvalue weighted by Gasteiger charge is -2.51. The zero-order valence-corrected chi connectivity index (χ0v) is 31.2. The number of aromatic nitrogens is 3. The van der Waals surface area contributed by atoms with Gasteiger partial charge in [0.25, 0.3) is 0 Å². The first-order valence-electron chi connectivity index (χ1n) is 19.3. The molecule has 4 aliphatic rings. The van der Waals surface area contributed by atoms with Crippen molar-refractivity contribution in [2.24, 2.45) is 5.41 Å². The molecule has 2 aromatic heterocycles. The third-order valence-corrected chi connectivity index (χ3v) is 12.1. The molecule has 10 nitrogen and oxygen atoms in total. The minimum atomic E-state index is -1.18. The minimum absolute atomic E-state index is 0.00155. The Hall–Kier alpha value is -3.71. The first-order chi connectivity index (χ1) is 25.4. The number of ether oxygens (including phenoxy) is 3. The highest BCUT2D eigenvalue weighted by Gasteiger charge is 2.50. The average molecular weight is 732 g/mol. The maximum Gasteiger partial charge on any atom is 0.319 e. The fraction of sp³-hybridized carbons (Fsp3) is 0.585. The molecule has 5 heterocycles. The van der Waals surface area contributed by atoms with Crippen LogP contribution in [0, 0.1) is 17.0 Å². The molecule has 1 saturated carbocycles. The van der Waals surface area contributed by atoms with Crippen molar-refractivity contribution in [2.45, 2.75) is 109 Å². The van der Waals surface area contributed by atoms with E-state index in [1.165, 1.54) is 18.3 Å². The fourth-order valence-corrected chi connectivity index (χ4v) is 9.96. The number of anilines is 1. The maximum atomic E-state index is 17.1. The van der Waals surface area contributed by atoms with E-state index in [1.807, 2.05) is 11.8 Å². The number of hydrogen-bond acceptors (Lipinski definition) is 10. The molecule has 0 radical (unpaired) electrons. The SMILES string of the molecule is CCc1c(F)ccc2cc(O)cc(-c3ncc4c(N5CCOCC(C)(O)C5)nc(OCC56CCCC5N(C5CC(C)OC(C)C5)CCC6)nc4c3F)c12. The average Bonchev–Trinajstić information content (AvgIpc) is 3.47. The van der Waals surface area contributed by atoms with E-state index in [0.29, 0.717) is 65.8 Å². The molecule has 2 aromatic carbocycles. The highest BCUT2D eigenvalue weighted by Crippen LogP contribution is 2.50. The van der Waals surface area contributed by atoms with Gasteiger partial charge in [0, 0.05) is 35.8 Å². The molecular weight excluding hydrogens is 680 g/mol. The topological polar surface area (TPSA) is 113 Å². The second-order valence-electron chi connectivity index (χ2n) is 16.2. The lowest BCUT2D eigenvalue weighted by Crippen LogP contribution is -2.57. The van der Waals surface area contributed by atoms with Gasteiger partial charge in [-0.2, -0.15) is 9.97 Å². The molecule has 5 atom stereocenters. The standard InChI is InChI=1S/C41H51F2N5O5/c1-5-29-32(42)10-9-26-18-28(49)19-30(34(26)29)36-35(43)37-31(20-44-36)38(47-14-15-51-22-40(4,50)21-47)46-39(45-37)52-23-41-11-6-8-33(41)48(13-7-12-41)27-16-24(2)53-25(3)17-27/h9-10,18-20,24-25,27,33,49-50H,5-8,11-17,21-23H2,1-4H3. The Morgan fingerprint density at radius 1 is 1.06 bits per heavy atom. The summed E-state index contributed by atoms with van der Waals surface area (Å²) in [6, 6.07) is 6.80. The Morgan fingerprint density at radius 2 is 1.85 bits per heavy atom. The van der Waals surface area contributed by atoms with Gasteiger partial charge in [0.2, 0.25) is 0 Å². The molecule has 53 heavy (non-hydrogen) atoms. The number of phenolic OH excluding ortho intramolecular Hbond substituents is 1. The summed E-state index contributed by atoms with van der Waals surface area (Å²) in [5.74, 6) is -0.824. The first kappa shape index (κ1) is 36.3. The smallest absolute Gasteiger partial charge is 0.319 e. The summed E-state index contributed by atoms with van der Waals surface area (Å²) in [7, 11) is 0. The molecule has 3 saturated heterocycles. The quantitative estimate of drug-likeness (QED) is 0.207. The van der Waals surface area contributed by atoms with Gasteiger partial charge in [-0.3, -0.25) is 9.88 Å². The van der Waals surface area contributed by atoms with Gasteiger partial charge < -0.3 is 29.3 Å². The Bertz CT molecular complexity index is 2000. The van der Waals surface area contributed by atoms with E-state index in [-0.39, 0.29) is 59.3 Å². The number of benzene rings is 2. The molecule has 5 unspecified atom stereocenters. The van der Waals surface area contributed by atoms with Crippen LogP contribution in [0.15, 0.2) is 30.5 Å². The lowest BCUT2D eigenvalue weighted by atomic mass is 9.74. The van der Waals surface area contributed by atoms with E-state index < -0.39 is 17.2 Å². The second-order valence-corrected chi connectivity index (χ2v) is 16.2. The minimum Gasteiger partial charge on any atom is -0.508 e. The Kier molecular flexibility index (Phi) is 9.70. The van der Waals surface area contributed by atoms with Crippen molar-refractivity contribution in [3.63, 3.8) is 0 Å². The van der Waals surface area contributed by atoms with Gasteiger partial charge in [0.1, 0.15) is 34.2 Å².